The Morgan fingerprint density at radius 3 is 2.52 bits per heavy atom. The van der Waals surface area contributed by atoms with E-state index in [0.29, 0.717) is 29.8 Å². The summed E-state index contributed by atoms with van der Waals surface area (Å²) in [6.07, 6.45) is 1.70. The second-order valence-electron chi connectivity index (χ2n) is 6.32. The van der Waals surface area contributed by atoms with Gasteiger partial charge >= 0.3 is 6.01 Å². The standard InChI is InChI=1S/C21H20FN5O2/c1-3-28-14-27-20(19(24-25-27)15-9-11-16(22)12-10-15)18-13-23-21(26(18)2)29-17-7-5-4-6-8-17/h4-13H,3,14H2,1-2H3. The summed E-state index contributed by atoms with van der Waals surface area (Å²) < 4.78 is 28.3. The molecule has 0 atom stereocenters. The summed E-state index contributed by atoms with van der Waals surface area (Å²) in [5, 5.41) is 8.54. The van der Waals surface area contributed by atoms with Gasteiger partial charge in [0.25, 0.3) is 0 Å². The van der Waals surface area contributed by atoms with Gasteiger partial charge < -0.3 is 9.47 Å². The quantitative estimate of drug-likeness (QED) is 0.469. The SMILES string of the molecule is CCOCn1nnc(-c2ccc(F)cc2)c1-c1cnc(Oc2ccccc2)n1C. The van der Waals surface area contributed by atoms with Crippen LogP contribution in [0.25, 0.3) is 22.6 Å². The van der Waals surface area contributed by atoms with E-state index in [1.54, 1.807) is 23.0 Å². The highest BCUT2D eigenvalue weighted by Crippen LogP contribution is 2.33. The fourth-order valence-electron chi connectivity index (χ4n) is 2.94. The number of benzene rings is 2. The lowest BCUT2D eigenvalue weighted by atomic mass is 10.1. The fourth-order valence-corrected chi connectivity index (χ4v) is 2.94. The summed E-state index contributed by atoms with van der Waals surface area (Å²) in [6, 6.07) is 16.0. The van der Waals surface area contributed by atoms with E-state index in [-0.39, 0.29) is 12.5 Å². The third-order valence-electron chi connectivity index (χ3n) is 4.41. The van der Waals surface area contributed by atoms with Gasteiger partial charge in [-0.3, -0.25) is 4.57 Å². The molecule has 2 aromatic heterocycles. The summed E-state index contributed by atoms with van der Waals surface area (Å²) in [6.45, 7) is 2.69. The van der Waals surface area contributed by atoms with Crippen LogP contribution in [0.4, 0.5) is 4.39 Å². The maximum Gasteiger partial charge on any atom is 0.302 e. The zero-order chi connectivity index (χ0) is 20.2. The van der Waals surface area contributed by atoms with E-state index in [4.69, 9.17) is 9.47 Å². The molecule has 0 aliphatic rings. The average Bonchev–Trinajstić information content (AvgIpc) is 3.31. The summed E-state index contributed by atoms with van der Waals surface area (Å²) in [5.74, 6) is 0.378. The minimum Gasteiger partial charge on any atom is -0.426 e. The molecule has 0 aliphatic carbocycles. The molecular weight excluding hydrogens is 373 g/mol. The summed E-state index contributed by atoms with van der Waals surface area (Å²) in [7, 11) is 1.85. The van der Waals surface area contributed by atoms with Gasteiger partial charge in [0.15, 0.2) is 0 Å². The van der Waals surface area contributed by atoms with Crippen LogP contribution in [0, 0.1) is 5.82 Å². The molecule has 0 bridgehead atoms. The highest BCUT2D eigenvalue weighted by Gasteiger charge is 2.21. The normalized spacial score (nSPS) is 11.0. The lowest BCUT2D eigenvalue weighted by Crippen LogP contribution is -2.08. The zero-order valence-electron chi connectivity index (χ0n) is 16.1. The van der Waals surface area contributed by atoms with E-state index < -0.39 is 0 Å². The maximum absolute atomic E-state index is 13.4. The molecular formula is C21H20FN5O2. The lowest BCUT2D eigenvalue weighted by molar-refractivity contribution is 0.0789. The van der Waals surface area contributed by atoms with Crippen LogP contribution >= 0.6 is 0 Å². The summed E-state index contributed by atoms with van der Waals surface area (Å²) >= 11 is 0. The molecule has 0 spiro atoms. The summed E-state index contributed by atoms with van der Waals surface area (Å²) in [5.41, 5.74) is 2.82. The van der Waals surface area contributed by atoms with Gasteiger partial charge in [0.2, 0.25) is 0 Å². The van der Waals surface area contributed by atoms with E-state index in [2.05, 4.69) is 15.3 Å². The number of imidazole rings is 1. The van der Waals surface area contributed by atoms with Crippen LogP contribution in [-0.2, 0) is 18.5 Å². The predicted octanol–water partition coefficient (Wildman–Crippen LogP) is 4.27. The van der Waals surface area contributed by atoms with Gasteiger partial charge in [-0.2, -0.15) is 0 Å². The van der Waals surface area contributed by atoms with Crippen LogP contribution in [0.15, 0.2) is 60.8 Å². The van der Waals surface area contributed by atoms with Crippen molar-refractivity contribution in [3.63, 3.8) is 0 Å². The number of rotatable bonds is 7. The minimum absolute atomic E-state index is 0.236. The number of nitrogens with zero attached hydrogens (tertiary/aromatic N) is 5. The number of hydrogen-bond acceptors (Lipinski definition) is 5. The second-order valence-corrected chi connectivity index (χ2v) is 6.32. The Morgan fingerprint density at radius 1 is 1.03 bits per heavy atom. The van der Waals surface area contributed by atoms with Crippen molar-refractivity contribution in [2.24, 2.45) is 7.05 Å². The van der Waals surface area contributed by atoms with E-state index in [0.717, 1.165) is 11.3 Å². The molecule has 0 radical (unpaired) electrons. The monoisotopic (exact) mass is 393 g/mol. The Bertz CT molecular complexity index is 1090. The molecule has 7 nitrogen and oxygen atoms in total. The fraction of sp³-hybridized carbons (Fsp3) is 0.190. The van der Waals surface area contributed by atoms with Crippen LogP contribution < -0.4 is 4.74 Å². The highest BCUT2D eigenvalue weighted by molar-refractivity contribution is 5.76. The Morgan fingerprint density at radius 2 is 1.79 bits per heavy atom. The number of ether oxygens (including phenoxy) is 2. The van der Waals surface area contributed by atoms with E-state index in [1.807, 2.05) is 48.9 Å². The van der Waals surface area contributed by atoms with E-state index in [1.165, 1.54) is 12.1 Å². The number of halogens is 1. The van der Waals surface area contributed by atoms with Crippen molar-refractivity contribution in [1.29, 1.82) is 0 Å². The first-order chi connectivity index (χ1) is 14.2. The first kappa shape index (κ1) is 18.8. The van der Waals surface area contributed by atoms with Gasteiger partial charge in [0.05, 0.1) is 11.9 Å². The number of aromatic nitrogens is 5. The van der Waals surface area contributed by atoms with Crippen LogP contribution in [0.3, 0.4) is 0 Å². The predicted molar refractivity (Wildman–Crippen MR) is 106 cm³/mol. The third-order valence-corrected chi connectivity index (χ3v) is 4.41. The van der Waals surface area contributed by atoms with Gasteiger partial charge in [-0.25, -0.2) is 14.1 Å². The molecule has 2 aromatic carbocycles. The molecule has 29 heavy (non-hydrogen) atoms. The van der Waals surface area contributed by atoms with Crippen LogP contribution in [0.1, 0.15) is 6.92 Å². The molecule has 0 amide bonds. The Kier molecular flexibility index (Phi) is 5.35. The zero-order valence-corrected chi connectivity index (χ0v) is 16.1. The molecule has 4 rings (SSSR count). The number of hydrogen-bond donors (Lipinski definition) is 0. The van der Waals surface area contributed by atoms with Gasteiger partial charge in [0.1, 0.15) is 29.7 Å². The molecule has 0 fully saturated rings. The highest BCUT2D eigenvalue weighted by atomic mass is 19.1. The van der Waals surface area contributed by atoms with Crippen LogP contribution in [0.2, 0.25) is 0 Å². The van der Waals surface area contributed by atoms with Crippen molar-refractivity contribution < 1.29 is 13.9 Å². The second kappa shape index (κ2) is 8.24. The Balaban J connectivity index is 1.77. The minimum atomic E-state index is -0.309. The summed E-state index contributed by atoms with van der Waals surface area (Å²) in [4.78, 5) is 4.41. The first-order valence-corrected chi connectivity index (χ1v) is 9.19. The van der Waals surface area contributed by atoms with Gasteiger partial charge in [-0.05, 0) is 43.3 Å². The van der Waals surface area contributed by atoms with Crippen molar-refractivity contribution in [2.75, 3.05) is 6.61 Å². The molecule has 4 aromatic rings. The Hall–Kier alpha value is -3.52. The van der Waals surface area contributed by atoms with Crippen molar-refractivity contribution in [2.45, 2.75) is 13.7 Å². The van der Waals surface area contributed by atoms with E-state index in [9.17, 15) is 4.39 Å². The molecule has 2 heterocycles. The number of para-hydroxylation sites is 1. The first-order valence-electron chi connectivity index (χ1n) is 9.19. The average molecular weight is 393 g/mol. The van der Waals surface area contributed by atoms with Gasteiger partial charge in [-0.15, -0.1) is 5.10 Å². The Labute approximate surface area is 167 Å². The van der Waals surface area contributed by atoms with Gasteiger partial charge in [-0.1, -0.05) is 23.4 Å². The van der Waals surface area contributed by atoms with Crippen molar-refractivity contribution in [3.8, 4) is 34.4 Å². The van der Waals surface area contributed by atoms with Crippen molar-refractivity contribution in [3.05, 3.63) is 66.6 Å². The molecule has 0 N–H and O–H groups in total. The largest absolute Gasteiger partial charge is 0.426 e. The van der Waals surface area contributed by atoms with Crippen LogP contribution in [0.5, 0.6) is 11.8 Å². The molecule has 0 saturated carbocycles. The smallest absolute Gasteiger partial charge is 0.302 e. The van der Waals surface area contributed by atoms with Crippen LogP contribution in [-0.4, -0.2) is 31.2 Å². The third kappa shape index (κ3) is 3.88. The molecule has 0 unspecified atom stereocenters. The maximum atomic E-state index is 13.4. The van der Waals surface area contributed by atoms with E-state index >= 15 is 0 Å². The topological polar surface area (TPSA) is 67.0 Å². The molecule has 8 heteroatoms. The molecule has 148 valence electrons. The molecule has 0 saturated heterocycles. The molecule has 0 aliphatic heterocycles. The van der Waals surface area contributed by atoms with Crippen molar-refractivity contribution >= 4 is 0 Å². The van der Waals surface area contributed by atoms with Gasteiger partial charge in [0, 0.05) is 19.2 Å². The lowest BCUT2D eigenvalue weighted by Gasteiger charge is -2.10. The van der Waals surface area contributed by atoms with Crippen molar-refractivity contribution in [1.82, 2.24) is 24.5 Å².